The minimum Gasteiger partial charge on any atom is -0.392 e. The number of aryl methyl sites for hydroxylation is 1. The van der Waals surface area contributed by atoms with Crippen LogP contribution in [0, 0.1) is 6.92 Å². The summed E-state index contributed by atoms with van der Waals surface area (Å²) < 4.78 is 0. The molecule has 1 amide bonds. The van der Waals surface area contributed by atoms with Crippen molar-refractivity contribution in [2.75, 3.05) is 13.1 Å². The molecule has 2 N–H and O–H groups in total. The first kappa shape index (κ1) is 14.9. The Labute approximate surface area is 118 Å². The van der Waals surface area contributed by atoms with E-state index in [1.807, 2.05) is 19.9 Å². The van der Waals surface area contributed by atoms with E-state index >= 15 is 0 Å². The number of hydrogen-bond acceptors (Lipinski definition) is 2. The zero-order valence-electron chi connectivity index (χ0n) is 10.6. The Morgan fingerprint density at radius 1 is 1.50 bits per heavy atom. The molecule has 0 atom stereocenters. The van der Waals surface area contributed by atoms with Gasteiger partial charge in [-0.1, -0.05) is 36.8 Å². The van der Waals surface area contributed by atoms with Crippen LogP contribution in [0.5, 0.6) is 0 Å². The fraction of sp³-hybridized carbons (Fsp3) is 0.385. The molecule has 0 fully saturated rings. The van der Waals surface area contributed by atoms with Crippen LogP contribution >= 0.6 is 23.8 Å². The minimum atomic E-state index is -0.0912. The third-order valence-electron chi connectivity index (χ3n) is 2.55. The van der Waals surface area contributed by atoms with Gasteiger partial charge in [0.25, 0.3) is 5.91 Å². The van der Waals surface area contributed by atoms with Gasteiger partial charge in [-0.3, -0.25) is 4.79 Å². The SMILES string of the molecule is CCCN(CC(N)=S)C(=O)c1ccc(C)c(Cl)c1. The molecule has 0 heterocycles. The molecule has 0 bridgehead atoms. The molecule has 0 aliphatic carbocycles. The van der Waals surface area contributed by atoms with E-state index in [1.165, 1.54) is 0 Å². The van der Waals surface area contributed by atoms with Crippen molar-refractivity contribution < 1.29 is 4.79 Å². The summed E-state index contributed by atoms with van der Waals surface area (Å²) in [7, 11) is 0. The summed E-state index contributed by atoms with van der Waals surface area (Å²) in [5.41, 5.74) is 7.02. The number of halogens is 1. The minimum absolute atomic E-state index is 0.0912. The van der Waals surface area contributed by atoms with Crippen molar-refractivity contribution in [1.82, 2.24) is 4.90 Å². The lowest BCUT2D eigenvalue weighted by molar-refractivity contribution is 0.0780. The summed E-state index contributed by atoms with van der Waals surface area (Å²) in [6, 6.07) is 5.29. The molecule has 0 aromatic heterocycles. The van der Waals surface area contributed by atoms with Gasteiger partial charge in [0.1, 0.15) is 0 Å². The fourth-order valence-electron chi connectivity index (χ4n) is 1.62. The maximum Gasteiger partial charge on any atom is 0.254 e. The molecule has 0 spiro atoms. The number of carbonyl (C=O) groups is 1. The van der Waals surface area contributed by atoms with Crippen molar-refractivity contribution in [3.05, 3.63) is 34.3 Å². The Bertz CT molecular complexity index is 462. The van der Waals surface area contributed by atoms with Crippen LogP contribution in [0.4, 0.5) is 0 Å². The Hall–Kier alpha value is -1.13. The van der Waals surface area contributed by atoms with E-state index in [4.69, 9.17) is 29.6 Å². The first-order valence-electron chi connectivity index (χ1n) is 5.79. The molecule has 1 aromatic rings. The predicted octanol–water partition coefficient (Wildman–Crippen LogP) is 2.79. The Balaban J connectivity index is 2.93. The predicted molar refractivity (Wildman–Crippen MR) is 79.2 cm³/mol. The highest BCUT2D eigenvalue weighted by Crippen LogP contribution is 2.18. The Morgan fingerprint density at radius 3 is 2.67 bits per heavy atom. The van der Waals surface area contributed by atoms with E-state index in [-0.39, 0.29) is 5.91 Å². The number of nitrogens with two attached hydrogens (primary N) is 1. The van der Waals surface area contributed by atoms with Gasteiger partial charge >= 0.3 is 0 Å². The maximum absolute atomic E-state index is 12.3. The molecule has 5 heteroatoms. The molecule has 18 heavy (non-hydrogen) atoms. The summed E-state index contributed by atoms with van der Waals surface area (Å²) >= 11 is 10.9. The van der Waals surface area contributed by atoms with Gasteiger partial charge in [0.15, 0.2) is 0 Å². The molecule has 3 nitrogen and oxygen atoms in total. The smallest absolute Gasteiger partial charge is 0.254 e. The summed E-state index contributed by atoms with van der Waals surface area (Å²) in [6.45, 7) is 4.83. The number of rotatable bonds is 5. The number of benzene rings is 1. The van der Waals surface area contributed by atoms with Crippen LogP contribution in [0.3, 0.4) is 0 Å². The van der Waals surface area contributed by atoms with Crippen molar-refractivity contribution in [2.45, 2.75) is 20.3 Å². The van der Waals surface area contributed by atoms with Crippen molar-refractivity contribution in [1.29, 1.82) is 0 Å². The van der Waals surface area contributed by atoms with Gasteiger partial charge in [0.05, 0.1) is 11.5 Å². The van der Waals surface area contributed by atoms with Crippen LogP contribution in [-0.2, 0) is 0 Å². The van der Waals surface area contributed by atoms with E-state index < -0.39 is 0 Å². The molecule has 1 rings (SSSR count). The average molecular weight is 285 g/mol. The van der Waals surface area contributed by atoms with Gasteiger partial charge in [-0.15, -0.1) is 0 Å². The first-order valence-corrected chi connectivity index (χ1v) is 6.58. The zero-order valence-corrected chi connectivity index (χ0v) is 12.1. The third kappa shape index (κ3) is 3.96. The second-order valence-corrected chi connectivity index (χ2v) is 5.09. The number of thiocarbonyl (C=S) groups is 1. The van der Waals surface area contributed by atoms with Crippen molar-refractivity contribution in [3.8, 4) is 0 Å². The van der Waals surface area contributed by atoms with E-state index in [9.17, 15) is 4.79 Å². The van der Waals surface area contributed by atoms with Gasteiger partial charge in [0.2, 0.25) is 0 Å². The van der Waals surface area contributed by atoms with Gasteiger partial charge in [0, 0.05) is 17.1 Å². The van der Waals surface area contributed by atoms with Gasteiger partial charge < -0.3 is 10.6 Å². The summed E-state index contributed by atoms with van der Waals surface area (Å²) in [5, 5.41) is 0.590. The molecule has 98 valence electrons. The van der Waals surface area contributed by atoms with E-state index in [0.717, 1.165) is 12.0 Å². The highest BCUT2D eigenvalue weighted by Gasteiger charge is 2.16. The summed E-state index contributed by atoms with van der Waals surface area (Å²) in [4.78, 5) is 14.2. The molecule has 0 radical (unpaired) electrons. The highest BCUT2D eigenvalue weighted by atomic mass is 35.5. The second-order valence-electron chi connectivity index (χ2n) is 4.16. The van der Waals surface area contributed by atoms with Gasteiger partial charge in [-0.25, -0.2) is 0 Å². The van der Waals surface area contributed by atoms with Gasteiger partial charge in [-0.2, -0.15) is 0 Å². The standard InChI is InChI=1S/C13H17ClN2OS/c1-3-6-16(8-12(15)18)13(17)10-5-4-9(2)11(14)7-10/h4-5,7H,3,6,8H2,1-2H3,(H2,15,18). The second kappa shape index (κ2) is 6.71. The Morgan fingerprint density at radius 2 is 2.17 bits per heavy atom. The monoisotopic (exact) mass is 284 g/mol. The molecule has 0 unspecified atom stereocenters. The Kier molecular flexibility index (Phi) is 5.56. The summed E-state index contributed by atoms with van der Waals surface area (Å²) in [5.74, 6) is -0.0912. The molecule has 0 aliphatic heterocycles. The van der Waals surface area contributed by atoms with E-state index in [2.05, 4.69) is 0 Å². The van der Waals surface area contributed by atoms with Crippen LogP contribution in [0.1, 0.15) is 29.3 Å². The number of amides is 1. The van der Waals surface area contributed by atoms with Crippen molar-refractivity contribution >= 4 is 34.7 Å². The van der Waals surface area contributed by atoms with Crippen molar-refractivity contribution in [2.24, 2.45) is 5.73 Å². The average Bonchev–Trinajstić information content (AvgIpc) is 2.31. The number of carbonyl (C=O) groups excluding carboxylic acids is 1. The molecule has 1 aromatic carbocycles. The molecule has 0 aliphatic rings. The quantitative estimate of drug-likeness (QED) is 0.846. The molecule has 0 saturated carbocycles. The highest BCUT2D eigenvalue weighted by molar-refractivity contribution is 7.80. The molecule has 0 saturated heterocycles. The normalized spacial score (nSPS) is 10.2. The lowest BCUT2D eigenvalue weighted by Crippen LogP contribution is -2.38. The van der Waals surface area contributed by atoms with Crippen LogP contribution in [0.2, 0.25) is 5.02 Å². The largest absolute Gasteiger partial charge is 0.392 e. The van der Waals surface area contributed by atoms with Crippen LogP contribution in [0.25, 0.3) is 0 Å². The maximum atomic E-state index is 12.3. The van der Waals surface area contributed by atoms with Gasteiger partial charge in [-0.05, 0) is 31.0 Å². The third-order valence-corrected chi connectivity index (χ3v) is 3.08. The summed E-state index contributed by atoms with van der Waals surface area (Å²) in [6.07, 6.45) is 0.855. The van der Waals surface area contributed by atoms with Crippen molar-refractivity contribution in [3.63, 3.8) is 0 Å². The van der Waals surface area contributed by atoms with E-state index in [0.29, 0.717) is 28.7 Å². The fourth-order valence-corrected chi connectivity index (χ4v) is 1.96. The number of hydrogen-bond donors (Lipinski definition) is 1. The number of nitrogens with zero attached hydrogens (tertiary/aromatic N) is 1. The van der Waals surface area contributed by atoms with Crippen LogP contribution in [-0.4, -0.2) is 28.9 Å². The lowest BCUT2D eigenvalue weighted by Gasteiger charge is -2.21. The first-order chi connectivity index (χ1) is 8.45. The molecular weight excluding hydrogens is 268 g/mol. The lowest BCUT2D eigenvalue weighted by atomic mass is 10.1. The van der Waals surface area contributed by atoms with Crippen LogP contribution < -0.4 is 5.73 Å². The topological polar surface area (TPSA) is 46.3 Å². The van der Waals surface area contributed by atoms with E-state index in [1.54, 1.807) is 17.0 Å². The van der Waals surface area contributed by atoms with Crippen LogP contribution in [0.15, 0.2) is 18.2 Å². The molecular formula is C13H17ClN2OS. The zero-order chi connectivity index (χ0) is 13.7.